The molecule has 4 rings (SSSR count). The molecule has 0 aromatic carbocycles. The molecule has 0 aromatic heterocycles. The number of aliphatic hydroxyl groups excluding tert-OH is 2. The normalized spacial score (nSPS) is 52.8. The molecule has 0 heterocycles. The smallest absolute Gasteiger partial charge is 0.152 e. The Morgan fingerprint density at radius 3 is 2.33 bits per heavy atom. The maximum atomic E-state index is 11.7. The number of fused-ring (bicyclic) bond motifs is 5. The first-order valence-corrected chi connectivity index (χ1v) is 13.8. The highest BCUT2D eigenvalue weighted by atomic mass is 32.2. The minimum atomic E-state index is -1.70. The van der Waals surface area contributed by atoms with E-state index >= 15 is 0 Å². The van der Waals surface area contributed by atoms with Gasteiger partial charge in [0.2, 0.25) is 0 Å². The molecule has 5 heteroatoms. The van der Waals surface area contributed by atoms with Crippen molar-refractivity contribution in [2.24, 2.45) is 52.3 Å². The van der Waals surface area contributed by atoms with Crippen molar-refractivity contribution in [1.82, 2.24) is 0 Å². The molecule has 4 aliphatic rings. The molecule has 4 saturated carbocycles. The van der Waals surface area contributed by atoms with E-state index in [9.17, 15) is 19.0 Å². The molecule has 12 atom stereocenters. The molecule has 0 aromatic rings. The Labute approximate surface area is 185 Å². The fourth-order valence-electron chi connectivity index (χ4n) is 9.42. The predicted molar refractivity (Wildman–Crippen MR) is 121 cm³/mol. The van der Waals surface area contributed by atoms with Gasteiger partial charge in [0.25, 0.3) is 0 Å². The second kappa shape index (κ2) is 8.43. The highest BCUT2D eigenvalue weighted by Crippen LogP contribution is 2.69. The zero-order valence-electron chi connectivity index (χ0n) is 19.4. The minimum absolute atomic E-state index is 0.191. The van der Waals surface area contributed by atoms with Crippen LogP contribution in [0.3, 0.4) is 0 Å². The van der Waals surface area contributed by atoms with E-state index < -0.39 is 11.1 Å². The van der Waals surface area contributed by atoms with Gasteiger partial charge in [0, 0.05) is 5.75 Å². The number of rotatable bonds is 5. The average molecular weight is 441 g/mol. The average Bonchev–Trinajstić information content (AvgIpc) is 3.05. The van der Waals surface area contributed by atoms with E-state index in [1.165, 1.54) is 25.7 Å². The quantitative estimate of drug-likeness (QED) is 0.534. The first-order chi connectivity index (χ1) is 14.1. The van der Waals surface area contributed by atoms with E-state index in [0.717, 1.165) is 32.1 Å². The summed E-state index contributed by atoms with van der Waals surface area (Å²) < 4.78 is 20.5. The van der Waals surface area contributed by atoms with Gasteiger partial charge in [-0.1, -0.05) is 34.1 Å². The van der Waals surface area contributed by atoms with Crippen LogP contribution in [-0.4, -0.2) is 36.9 Å². The van der Waals surface area contributed by atoms with Crippen molar-refractivity contribution in [3.63, 3.8) is 0 Å². The van der Waals surface area contributed by atoms with Gasteiger partial charge in [-0.05, 0) is 104 Å². The van der Waals surface area contributed by atoms with Crippen LogP contribution in [0.15, 0.2) is 0 Å². The molecule has 4 nitrogen and oxygen atoms in total. The number of hydrogen-bond acceptors (Lipinski definition) is 3. The lowest BCUT2D eigenvalue weighted by molar-refractivity contribution is -0.203. The molecular formula is C25H44O4S. The maximum Gasteiger partial charge on any atom is 0.152 e. The molecule has 1 unspecified atom stereocenters. The van der Waals surface area contributed by atoms with Crippen molar-refractivity contribution in [2.45, 2.75) is 97.7 Å². The third-order valence-corrected chi connectivity index (χ3v) is 11.5. The van der Waals surface area contributed by atoms with E-state index in [1.54, 1.807) is 0 Å². The van der Waals surface area contributed by atoms with Gasteiger partial charge in [-0.2, -0.15) is 0 Å². The van der Waals surface area contributed by atoms with Gasteiger partial charge in [-0.25, -0.2) is 4.21 Å². The van der Waals surface area contributed by atoms with E-state index in [4.69, 9.17) is 0 Å². The molecule has 0 spiro atoms. The highest BCUT2D eigenvalue weighted by molar-refractivity contribution is 7.79. The Morgan fingerprint density at radius 1 is 1.00 bits per heavy atom. The summed E-state index contributed by atoms with van der Waals surface area (Å²) in [6, 6.07) is 0. The molecule has 30 heavy (non-hydrogen) atoms. The summed E-state index contributed by atoms with van der Waals surface area (Å²) in [6.45, 7) is 9.48. The molecule has 3 N–H and O–H groups in total. The van der Waals surface area contributed by atoms with E-state index in [1.807, 2.05) is 0 Å². The highest BCUT2D eigenvalue weighted by Gasteiger charge is 2.64. The van der Waals surface area contributed by atoms with Crippen LogP contribution in [-0.2, 0) is 11.1 Å². The second-order valence-electron chi connectivity index (χ2n) is 11.9. The molecule has 0 aliphatic heterocycles. The Morgan fingerprint density at radius 2 is 1.67 bits per heavy atom. The molecule has 4 fully saturated rings. The van der Waals surface area contributed by atoms with Crippen LogP contribution in [0.4, 0.5) is 0 Å². The van der Waals surface area contributed by atoms with Crippen molar-refractivity contribution in [1.29, 1.82) is 0 Å². The lowest BCUT2D eigenvalue weighted by Crippen LogP contribution is -2.62. The molecule has 0 saturated heterocycles. The van der Waals surface area contributed by atoms with Gasteiger partial charge >= 0.3 is 0 Å². The van der Waals surface area contributed by atoms with Crippen molar-refractivity contribution >= 4 is 11.1 Å². The van der Waals surface area contributed by atoms with Crippen molar-refractivity contribution < 1.29 is 19.0 Å². The van der Waals surface area contributed by atoms with Crippen molar-refractivity contribution in [2.75, 3.05) is 5.75 Å². The summed E-state index contributed by atoms with van der Waals surface area (Å²) in [4.78, 5) is 0. The van der Waals surface area contributed by atoms with Gasteiger partial charge in [0.1, 0.15) is 0 Å². The van der Waals surface area contributed by atoms with Gasteiger partial charge in [0.15, 0.2) is 11.1 Å². The van der Waals surface area contributed by atoms with Gasteiger partial charge < -0.3 is 14.8 Å². The SMILES string of the molecule is CC[C@H]1[C@@H](O)[C@@H]2[C@H](CC[C@]3(C)[C@@H]([C@H](C)CCS(=O)O)CC[C@@H]23)[C@@]2(C)CC[C@@H](O)C[C@@H]12. The van der Waals surface area contributed by atoms with Crippen LogP contribution in [0.1, 0.15) is 85.5 Å². The second-order valence-corrected chi connectivity index (χ2v) is 13.0. The summed E-state index contributed by atoms with van der Waals surface area (Å²) in [5.74, 6) is 3.72. The van der Waals surface area contributed by atoms with Gasteiger partial charge in [-0.3, -0.25) is 0 Å². The Bertz CT molecular complexity index is 655. The Kier molecular flexibility index (Phi) is 6.51. The summed E-state index contributed by atoms with van der Waals surface area (Å²) >= 11 is -1.70. The first kappa shape index (κ1) is 23.2. The number of hydrogen-bond donors (Lipinski definition) is 3. The molecule has 0 bridgehead atoms. The first-order valence-electron chi connectivity index (χ1n) is 12.6. The number of aliphatic hydroxyl groups is 2. The molecule has 0 amide bonds. The summed E-state index contributed by atoms with van der Waals surface area (Å²) in [5.41, 5.74) is 0.497. The fourth-order valence-corrected chi connectivity index (χ4v) is 9.99. The summed E-state index contributed by atoms with van der Waals surface area (Å²) in [5, 5.41) is 22.1. The van der Waals surface area contributed by atoms with Crippen molar-refractivity contribution in [3.8, 4) is 0 Å². The fraction of sp³-hybridized carbons (Fsp3) is 1.00. The van der Waals surface area contributed by atoms with E-state index in [2.05, 4.69) is 27.7 Å². The van der Waals surface area contributed by atoms with Gasteiger partial charge in [-0.15, -0.1) is 0 Å². The largest absolute Gasteiger partial charge is 0.393 e. The monoisotopic (exact) mass is 440 g/mol. The standard InChI is InChI=1S/C25H44O4S/c1-5-17-21-14-16(26)8-11-25(21,4)20-9-12-24(3)18(15(2)10-13-30(28)29)6-7-19(24)22(20)23(17)27/h15-23,26-27H,5-14H2,1-4H3,(H,28,29)/t15-,16-,17-,18-,19+,20+,21+,22+,23-,24-,25-/m1/s1. The van der Waals surface area contributed by atoms with Crippen LogP contribution in [0, 0.1) is 52.3 Å². The summed E-state index contributed by atoms with van der Waals surface area (Å²) in [6.07, 6.45) is 9.11. The summed E-state index contributed by atoms with van der Waals surface area (Å²) in [7, 11) is 0. The van der Waals surface area contributed by atoms with E-state index in [0.29, 0.717) is 47.2 Å². The maximum absolute atomic E-state index is 11.7. The molecule has 0 radical (unpaired) electrons. The topological polar surface area (TPSA) is 77.8 Å². The van der Waals surface area contributed by atoms with Crippen LogP contribution in [0.25, 0.3) is 0 Å². The molecule has 4 aliphatic carbocycles. The van der Waals surface area contributed by atoms with Crippen LogP contribution >= 0.6 is 0 Å². The zero-order valence-corrected chi connectivity index (χ0v) is 20.2. The van der Waals surface area contributed by atoms with Crippen molar-refractivity contribution in [3.05, 3.63) is 0 Å². The van der Waals surface area contributed by atoms with Gasteiger partial charge in [0.05, 0.1) is 12.2 Å². The molecule has 174 valence electrons. The minimum Gasteiger partial charge on any atom is -0.393 e. The molecular weight excluding hydrogens is 396 g/mol. The Hall–Kier alpha value is 0.0300. The van der Waals surface area contributed by atoms with Crippen LogP contribution in [0.2, 0.25) is 0 Å². The zero-order chi connectivity index (χ0) is 21.8. The lowest BCUT2D eigenvalue weighted by Gasteiger charge is -2.64. The van der Waals surface area contributed by atoms with Crippen LogP contribution in [0.5, 0.6) is 0 Å². The predicted octanol–water partition coefficient (Wildman–Crippen LogP) is 4.86. The van der Waals surface area contributed by atoms with E-state index in [-0.39, 0.29) is 23.0 Å². The Balaban J connectivity index is 1.61. The lowest BCUT2D eigenvalue weighted by atomic mass is 9.41. The third-order valence-electron chi connectivity index (χ3n) is 10.9. The van der Waals surface area contributed by atoms with Crippen LogP contribution < -0.4 is 0 Å². The third kappa shape index (κ3) is 3.54.